The molecule has 0 aromatic rings. The van der Waals surface area contributed by atoms with Gasteiger partial charge in [0.05, 0.1) is 34.7 Å². The number of hydrogen-bond donors (Lipinski definition) is 2. The summed E-state index contributed by atoms with van der Waals surface area (Å²) < 4.78 is 11.1. The van der Waals surface area contributed by atoms with Crippen molar-refractivity contribution in [3.63, 3.8) is 0 Å². The number of thioether (sulfide) groups is 6. The van der Waals surface area contributed by atoms with E-state index in [1.54, 1.807) is 35.3 Å². The van der Waals surface area contributed by atoms with Crippen LogP contribution in [-0.4, -0.2) is 76.7 Å². The minimum atomic E-state index is -0.908. The molecule has 0 bridgehead atoms. The van der Waals surface area contributed by atoms with Gasteiger partial charge in [-0.15, -0.1) is 47.0 Å². The average molecular weight is 483 g/mol. The molecule has 0 aromatic carbocycles. The molecule has 0 spiro atoms. The van der Waals surface area contributed by atoms with E-state index < -0.39 is 10.8 Å². The van der Waals surface area contributed by atoms with Crippen LogP contribution in [0.1, 0.15) is 6.92 Å². The summed E-state index contributed by atoms with van der Waals surface area (Å²) in [6, 6.07) is 0. The smallest absolute Gasteiger partial charge is 0.279 e. The summed E-state index contributed by atoms with van der Waals surface area (Å²) in [5, 5.41) is 14.5. The zero-order chi connectivity index (χ0) is 18.6. The molecule has 0 heterocycles. The number of nitrogens with zero attached hydrogens (tertiary/aromatic N) is 1. The third-order valence-corrected chi connectivity index (χ3v) is 9.83. The van der Waals surface area contributed by atoms with Gasteiger partial charge in [-0.05, 0) is 0 Å². The molecular weight excluding hydrogens is 457 g/mol. The molecular formula is C13H26N2O3S7. The Labute approximate surface area is 179 Å². The van der Waals surface area contributed by atoms with Gasteiger partial charge in [-0.3, -0.25) is 14.0 Å². The second-order valence-corrected chi connectivity index (χ2v) is 12.9. The molecule has 0 saturated carbocycles. The van der Waals surface area contributed by atoms with E-state index in [-0.39, 0.29) is 11.8 Å². The zero-order valence-electron chi connectivity index (χ0n) is 14.2. The third-order valence-electron chi connectivity index (χ3n) is 2.16. The molecule has 1 atom stereocenters. The first-order valence-corrected chi connectivity index (χ1v) is 15.6. The van der Waals surface area contributed by atoms with Crippen molar-refractivity contribution in [2.45, 2.75) is 6.92 Å². The number of hydrogen-bond acceptors (Lipinski definition) is 10. The SMILES string of the molecule is CCS(=O)C=NCSCSCSCSCNC(=O)SCCSCCO. The molecule has 0 rings (SSSR count). The van der Waals surface area contributed by atoms with E-state index in [1.807, 2.05) is 30.4 Å². The van der Waals surface area contributed by atoms with Crippen LogP contribution >= 0.6 is 70.6 Å². The van der Waals surface area contributed by atoms with Crippen LogP contribution in [0.5, 0.6) is 0 Å². The summed E-state index contributed by atoms with van der Waals surface area (Å²) >= 11 is 10.1. The van der Waals surface area contributed by atoms with Crippen LogP contribution in [0, 0.1) is 0 Å². The van der Waals surface area contributed by atoms with E-state index in [0.717, 1.165) is 32.5 Å². The van der Waals surface area contributed by atoms with E-state index >= 15 is 0 Å². The van der Waals surface area contributed by atoms with Crippen molar-refractivity contribution in [2.75, 3.05) is 56.6 Å². The van der Waals surface area contributed by atoms with Gasteiger partial charge in [-0.2, -0.15) is 11.8 Å². The van der Waals surface area contributed by atoms with Gasteiger partial charge >= 0.3 is 0 Å². The lowest BCUT2D eigenvalue weighted by molar-refractivity contribution is 0.262. The van der Waals surface area contributed by atoms with Crippen LogP contribution in [-0.2, 0) is 10.8 Å². The first kappa shape index (κ1) is 26.4. The van der Waals surface area contributed by atoms with Crippen molar-refractivity contribution in [3.05, 3.63) is 0 Å². The van der Waals surface area contributed by atoms with Crippen molar-refractivity contribution in [1.82, 2.24) is 5.32 Å². The number of amides is 1. The quantitative estimate of drug-likeness (QED) is 0.140. The van der Waals surface area contributed by atoms with Crippen LogP contribution in [0.25, 0.3) is 0 Å². The zero-order valence-corrected chi connectivity index (χ0v) is 19.9. The minimum Gasteiger partial charge on any atom is -0.396 e. The monoisotopic (exact) mass is 482 g/mol. The molecule has 0 saturated heterocycles. The molecule has 0 radical (unpaired) electrons. The molecule has 0 fully saturated rings. The largest absolute Gasteiger partial charge is 0.396 e. The summed E-state index contributed by atoms with van der Waals surface area (Å²) in [6.07, 6.45) is 0. The van der Waals surface area contributed by atoms with Gasteiger partial charge in [0, 0.05) is 38.3 Å². The van der Waals surface area contributed by atoms with Gasteiger partial charge in [0.15, 0.2) is 0 Å². The molecule has 0 aliphatic heterocycles. The first-order valence-electron chi connectivity index (χ1n) is 7.48. The number of carbonyl (C=O) groups is 1. The molecule has 5 nitrogen and oxygen atoms in total. The van der Waals surface area contributed by atoms with Crippen molar-refractivity contribution in [2.24, 2.45) is 4.99 Å². The molecule has 1 amide bonds. The van der Waals surface area contributed by atoms with Crippen LogP contribution in [0.15, 0.2) is 4.99 Å². The van der Waals surface area contributed by atoms with Gasteiger partial charge < -0.3 is 10.4 Å². The third kappa shape index (κ3) is 21.5. The summed E-state index contributed by atoms with van der Waals surface area (Å²) in [4.78, 5) is 15.6. The van der Waals surface area contributed by atoms with E-state index in [2.05, 4.69) is 10.3 Å². The maximum absolute atomic E-state index is 11.5. The Hall–Kier alpha value is 1.35. The molecule has 12 heteroatoms. The van der Waals surface area contributed by atoms with Crippen LogP contribution in [0.2, 0.25) is 0 Å². The normalized spacial score (nSPS) is 12.6. The van der Waals surface area contributed by atoms with Crippen molar-refractivity contribution < 1.29 is 14.1 Å². The fourth-order valence-electron chi connectivity index (χ4n) is 1.09. The Morgan fingerprint density at radius 3 is 2.52 bits per heavy atom. The second-order valence-electron chi connectivity index (χ2n) is 4.05. The summed E-state index contributed by atoms with van der Waals surface area (Å²) in [5.74, 6) is 4.34. The number of aliphatic hydroxyl groups is 1. The highest BCUT2D eigenvalue weighted by atomic mass is 32.2. The van der Waals surface area contributed by atoms with Gasteiger partial charge in [0.2, 0.25) is 0 Å². The standard InChI is InChI=1S/C13H26N2O3S7/c1-2-25(18)9-14-7-20-10-22-12-23-11-21-8-15-13(17)24-6-5-19-4-3-16/h9,16H,2-8,10-12H2,1H3,(H,15,17). The minimum absolute atomic E-state index is 0.0254. The number of nitrogens with one attached hydrogen (secondary N) is 1. The van der Waals surface area contributed by atoms with Crippen molar-refractivity contribution >= 4 is 92.2 Å². The van der Waals surface area contributed by atoms with Gasteiger partial charge in [0.25, 0.3) is 5.24 Å². The molecule has 2 N–H and O–H groups in total. The lowest BCUT2D eigenvalue weighted by Crippen LogP contribution is -2.18. The maximum Gasteiger partial charge on any atom is 0.279 e. The Balaban J connectivity index is 3.21. The number of carbonyl (C=O) groups excluding carboxylic acids is 1. The molecule has 148 valence electrons. The van der Waals surface area contributed by atoms with E-state index in [9.17, 15) is 9.00 Å². The summed E-state index contributed by atoms with van der Waals surface area (Å²) in [7, 11) is -0.908. The van der Waals surface area contributed by atoms with Gasteiger partial charge in [-0.25, -0.2) is 0 Å². The first-order chi connectivity index (χ1) is 12.2. The highest BCUT2D eigenvalue weighted by Gasteiger charge is 2.01. The predicted octanol–water partition coefficient (Wildman–Crippen LogP) is 3.67. The predicted molar refractivity (Wildman–Crippen MR) is 127 cm³/mol. The fourth-order valence-corrected chi connectivity index (χ4v) is 7.39. The van der Waals surface area contributed by atoms with E-state index in [1.165, 1.54) is 17.3 Å². The van der Waals surface area contributed by atoms with Crippen LogP contribution in [0.3, 0.4) is 0 Å². The highest BCUT2D eigenvalue weighted by Crippen LogP contribution is 2.20. The van der Waals surface area contributed by atoms with Crippen molar-refractivity contribution in [3.8, 4) is 0 Å². The molecule has 0 aliphatic carbocycles. The van der Waals surface area contributed by atoms with E-state index in [4.69, 9.17) is 5.11 Å². The Morgan fingerprint density at radius 2 is 1.80 bits per heavy atom. The van der Waals surface area contributed by atoms with Crippen molar-refractivity contribution in [1.29, 1.82) is 0 Å². The van der Waals surface area contributed by atoms with Gasteiger partial charge in [-0.1, -0.05) is 18.7 Å². The molecule has 25 heavy (non-hydrogen) atoms. The maximum atomic E-state index is 11.5. The molecule has 0 aromatic heterocycles. The Kier molecular flexibility index (Phi) is 22.8. The average Bonchev–Trinajstić information content (AvgIpc) is 2.62. The van der Waals surface area contributed by atoms with E-state index in [0.29, 0.717) is 17.5 Å². The highest BCUT2D eigenvalue weighted by molar-refractivity contribution is 8.26. The topological polar surface area (TPSA) is 78.8 Å². The molecule has 1 unspecified atom stereocenters. The molecule has 0 aliphatic rings. The second kappa shape index (κ2) is 21.6. The Bertz CT molecular complexity index is 376. The lowest BCUT2D eigenvalue weighted by atomic mass is 10.9. The Morgan fingerprint density at radius 1 is 1.08 bits per heavy atom. The number of aliphatic hydroxyl groups excluding tert-OH is 1. The summed E-state index contributed by atoms with van der Waals surface area (Å²) in [5.41, 5.74) is 1.53. The number of rotatable bonds is 17. The lowest BCUT2D eigenvalue weighted by Gasteiger charge is -2.05. The van der Waals surface area contributed by atoms with Crippen LogP contribution in [0.4, 0.5) is 4.79 Å². The summed E-state index contributed by atoms with van der Waals surface area (Å²) in [6.45, 7) is 2.08. The van der Waals surface area contributed by atoms with Crippen LogP contribution < -0.4 is 5.32 Å². The number of aliphatic imine (C=N–C) groups is 1. The fraction of sp³-hybridized carbons (Fsp3) is 0.846. The van der Waals surface area contributed by atoms with Gasteiger partial charge in [0.1, 0.15) is 0 Å².